The molecule has 5 rings (SSSR count). The number of amides is 1. The third-order valence-electron chi connectivity index (χ3n) is 5.53. The number of nitrogens with zero attached hydrogens (tertiary/aromatic N) is 5. The van der Waals surface area contributed by atoms with Crippen LogP contribution in [0.15, 0.2) is 72.3 Å². The van der Waals surface area contributed by atoms with E-state index in [1.165, 1.54) is 11.8 Å². The number of carbonyl (C=O) groups is 2. The molecule has 1 N–H and O–H groups in total. The lowest BCUT2D eigenvalue weighted by Gasteiger charge is -2.13. The molecule has 0 bridgehead atoms. The molecule has 1 amide bonds. The van der Waals surface area contributed by atoms with Crippen molar-refractivity contribution in [2.24, 2.45) is 0 Å². The maximum absolute atomic E-state index is 12.9. The maximum atomic E-state index is 12.9. The molecular formula is C24H22N6O2S. The van der Waals surface area contributed by atoms with E-state index in [0.29, 0.717) is 22.2 Å². The minimum atomic E-state index is -0.0812. The lowest BCUT2D eigenvalue weighted by Crippen LogP contribution is -2.27. The number of aromatic amines is 1. The number of aromatic nitrogens is 5. The zero-order valence-corrected chi connectivity index (χ0v) is 18.7. The maximum Gasteiger partial charge on any atom is 0.270 e. The molecule has 0 saturated carbocycles. The number of hydrogen-bond donors (Lipinski definition) is 1. The van der Waals surface area contributed by atoms with Crippen LogP contribution in [0.25, 0.3) is 17.1 Å². The van der Waals surface area contributed by atoms with Crippen LogP contribution in [0.2, 0.25) is 0 Å². The molecule has 1 aliphatic heterocycles. The fourth-order valence-corrected chi connectivity index (χ4v) is 4.68. The summed E-state index contributed by atoms with van der Waals surface area (Å²) in [7, 11) is 0. The Balaban J connectivity index is 1.35. The van der Waals surface area contributed by atoms with E-state index in [1.54, 1.807) is 24.7 Å². The van der Waals surface area contributed by atoms with Crippen molar-refractivity contribution < 1.29 is 9.59 Å². The summed E-state index contributed by atoms with van der Waals surface area (Å²) < 4.78 is 1.93. The Labute approximate surface area is 195 Å². The fraction of sp³-hybridized carbons (Fsp3) is 0.208. The van der Waals surface area contributed by atoms with E-state index in [0.717, 1.165) is 37.2 Å². The Morgan fingerprint density at radius 1 is 1.03 bits per heavy atom. The van der Waals surface area contributed by atoms with Crippen LogP contribution in [-0.2, 0) is 0 Å². The second-order valence-corrected chi connectivity index (χ2v) is 8.67. The van der Waals surface area contributed by atoms with Gasteiger partial charge in [0, 0.05) is 48.5 Å². The van der Waals surface area contributed by atoms with Gasteiger partial charge in [-0.1, -0.05) is 30.0 Å². The summed E-state index contributed by atoms with van der Waals surface area (Å²) in [6, 6.07) is 15.2. The normalized spacial score (nSPS) is 13.4. The minimum Gasteiger partial charge on any atom is -0.356 e. The van der Waals surface area contributed by atoms with Gasteiger partial charge in [0.1, 0.15) is 5.69 Å². The van der Waals surface area contributed by atoms with Crippen molar-refractivity contribution >= 4 is 23.5 Å². The van der Waals surface area contributed by atoms with Crippen LogP contribution in [0, 0.1) is 0 Å². The van der Waals surface area contributed by atoms with Crippen molar-refractivity contribution in [2.75, 3.05) is 18.8 Å². The predicted octanol–water partition coefficient (Wildman–Crippen LogP) is 3.87. The Morgan fingerprint density at radius 2 is 1.85 bits per heavy atom. The molecular weight excluding hydrogens is 436 g/mol. The number of Topliss-reactive ketones (excluding diaryl/α,β-unsaturated/α-hetero) is 1. The number of likely N-dealkylation sites (tertiary alicyclic amines) is 1. The number of carbonyl (C=O) groups excluding carboxylic acids is 2. The standard InChI is InChI=1S/C24H22N6O2S/c31-21(18-13-20(26-15-18)23(32)29-11-4-5-12-29)16-33-24-28-27-22(17-7-6-10-25-14-17)30(24)19-8-2-1-3-9-19/h1-3,6-10,13-15,26H,4-5,11-12,16H2. The minimum absolute atomic E-state index is 0.0517. The molecule has 4 heterocycles. The van der Waals surface area contributed by atoms with E-state index in [2.05, 4.69) is 20.2 Å². The van der Waals surface area contributed by atoms with E-state index in [9.17, 15) is 9.59 Å². The van der Waals surface area contributed by atoms with Crippen molar-refractivity contribution in [2.45, 2.75) is 18.0 Å². The highest BCUT2D eigenvalue weighted by Crippen LogP contribution is 2.28. The van der Waals surface area contributed by atoms with Crippen molar-refractivity contribution in [1.82, 2.24) is 29.6 Å². The van der Waals surface area contributed by atoms with Gasteiger partial charge in [-0.2, -0.15) is 0 Å². The molecule has 166 valence electrons. The van der Waals surface area contributed by atoms with Crippen LogP contribution < -0.4 is 0 Å². The molecule has 33 heavy (non-hydrogen) atoms. The first-order chi connectivity index (χ1) is 16.2. The third-order valence-corrected chi connectivity index (χ3v) is 6.46. The molecule has 0 radical (unpaired) electrons. The van der Waals surface area contributed by atoms with E-state index in [-0.39, 0.29) is 17.4 Å². The summed E-state index contributed by atoms with van der Waals surface area (Å²) >= 11 is 1.31. The largest absolute Gasteiger partial charge is 0.356 e. The van der Waals surface area contributed by atoms with E-state index in [4.69, 9.17) is 0 Å². The first-order valence-electron chi connectivity index (χ1n) is 10.8. The Bertz CT molecular complexity index is 1260. The molecule has 1 aliphatic rings. The molecule has 0 unspecified atom stereocenters. The molecule has 0 atom stereocenters. The van der Waals surface area contributed by atoms with Crippen molar-refractivity contribution in [3.63, 3.8) is 0 Å². The number of ketones is 1. The van der Waals surface area contributed by atoms with Crippen molar-refractivity contribution in [1.29, 1.82) is 0 Å². The summed E-state index contributed by atoms with van der Waals surface area (Å²) in [4.78, 5) is 34.4. The van der Waals surface area contributed by atoms with Gasteiger partial charge in [-0.15, -0.1) is 10.2 Å². The zero-order chi connectivity index (χ0) is 22.6. The summed E-state index contributed by atoms with van der Waals surface area (Å²) in [5.74, 6) is 0.698. The van der Waals surface area contributed by atoms with E-state index < -0.39 is 0 Å². The molecule has 4 aromatic rings. The van der Waals surface area contributed by atoms with Crippen LogP contribution in [0.1, 0.15) is 33.7 Å². The lowest BCUT2D eigenvalue weighted by atomic mass is 10.2. The molecule has 8 nitrogen and oxygen atoms in total. The molecule has 3 aromatic heterocycles. The number of nitrogens with one attached hydrogen (secondary N) is 1. The van der Waals surface area contributed by atoms with E-state index in [1.807, 2.05) is 51.9 Å². The van der Waals surface area contributed by atoms with Gasteiger partial charge in [-0.05, 0) is 43.2 Å². The van der Waals surface area contributed by atoms with Gasteiger partial charge < -0.3 is 9.88 Å². The molecule has 0 aliphatic carbocycles. The smallest absolute Gasteiger partial charge is 0.270 e. The lowest BCUT2D eigenvalue weighted by molar-refractivity contribution is 0.0787. The quantitative estimate of drug-likeness (QED) is 0.334. The number of thioether (sulfide) groups is 1. The number of H-pyrrole nitrogens is 1. The topological polar surface area (TPSA) is 96.8 Å². The second-order valence-electron chi connectivity index (χ2n) is 7.73. The van der Waals surface area contributed by atoms with Gasteiger partial charge in [0.25, 0.3) is 5.91 Å². The van der Waals surface area contributed by atoms with Gasteiger partial charge in [0.15, 0.2) is 16.8 Å². The van der Waals surface area contributed by atoms with Gasteiger partial charge in [-0.25, -0.2) is 0 Å². The average Bonchev–Trinajstić information content (AvgIpc) is 3.64. The van der Waals surface area contributed by atoms with Crippen LogP contribution in [0.5, 0.6) is 0 Å². The first kappa shape index (κ1) is 21.1. The summed E-state index contributed by atoms with van der Waals surface area (Å²) in [6.07, 6.45) is 7.10. The summed E-state index contributed by atoms with van der Waals surface area (Å²) in [5, 5.41) is 9.33. The molecule has 0 spiro atoms. The molecule has 9 heteroatoms. The van der Waals surface area contributed by atoms with Gasteiger partial charge in [-0.3, -0.25) is 19.1 Å². The Morgan fingerprint density at radius 3 is 2.61 bits per heavy atom. The number of para-hydroxylation sites is 1. The predicted molar refractivity (Wildman–Crippen MR) is 126 cm³/mol. The zero-order valence-electron chi connectivity index (χ0n) is 17.8. The van der Waals surface area contributed by atoms with E-state index >= 15 is 0 Å². The number of pyridine rings is 1. The first-order valence-corrected chi connectivity index (χ1v) is 11.7. The van der Waals surface area contributed by atoms with Crippen molar-refractivity contribution in [3.05, 3.63) is 78.4 Å². The number of hydrogen-bond acceptors (Lipinski definition) is 6. The highest BCUT2D eigenvalue weighted by Gasteiger charge is 2.22. The second kappa shape index (κ2) is 9.41. The Hall–Kier alpha value is -3.72. The fourth-order valence-electron chi connectivity index (χ4n) is 3.84. The van der Waals surface area contributed by atoms with Gasteiger partial charge in [0.05, 0.1) is 5.75 Å². The molecule has 1 fully saturated rings. The highest BCUT2D eigenvalue weighted by molar-refractivity contribution is 7.99. The van der Waals surface area contributed by atoms with Crippen LogP contribution in [-0.4, -0.2) is 60.2 Å². The van der Waals surface area contributed by atoms with Crippen LogP contribution in [0.3, 0.4) is 0 Å². The van der Waals surface area contributed by atoms with Crippen LogP contribution >= 0.6 is 11.8 Å². The monoisotopic (exact) mass is 458 g/mol. The molecule has 1 saturated heterocycles. The molecule has 1 aromatic carbocycles. The van der Waals surface area contributed by atoms with Gasteiger partial charge in [0.2, 0.25) is 0 Å². The van der Waals surface area contributed by atoms with Crippen molar-refractivity contribution in [3.8, 4) is 17.1 Å². The SMILES string of the molecule is O=C(CSc1nnc(-c2cccnc2)n1-c1ccccc1)c1c[nH]c(C(=O)N2CCCC2)c1. The highest BCUT2D eigenvalue weighted by atomic mass is 32.2. The number of rotatable bonds is 7. The number of benzene rings is 1. The summed E-state index contributed by atoms with van der Waals surface area (Å²) in [5.41, 5.74) is 2.68. The van der Waals surface area contributed by atoms with Gasteiger partial charge >= 0.3 is 0 Å². The average molecular weight is 459 g/mol. The summed E-state index contributed by atoms with van der Waals surface area (Å²) in [6.45, 7) is 1.54. The third kappa shape index (κ3) is 4.45. The van der Waals surface area contributed by atoms with Crippen LogP contribution in [0.4, 0.5) is 0 Å². The Kier molecular flexibility index (Phi) is 6.03.